The van der Waals surface area contributed by atoms with E-state index in [0.717, 1.165) is 37.5 Å². The van der Waals surface area contributed by atoms with Gasteiger partial charge in [0, 0.05) is 13.2 Å². The average molecular weight is 251 g/mol. The first-order valence-electron chi connectivity index (χ1n) is 7.70. The van der Waals surface area contributed by atoms with Crippen LogP contribution in [0.5, 0.6) is 0 Å². The largest absolute Gasteiger partial charge is 0.378 e. The summed E-state index contributed by atoms with van der Waals surface area (Å²) in [4.78, 5) is 0. The summed E-state index contributed by atoms with van der Waals surface area (Å²) < 4.78 is 6.16. The highest BCUT2D eigenvalue weighted by Crippen LogP contribution is 2.36. The van der Waals surface area contributed by atoms with E-state index in [0.29, 0.717) is 6.10 Å². The lowest BCUT2D eigenvalue weighted by Gasteiger charge is -2.40. The molecule has 0 spiro atoms. The van der Waals surface area contributed by atoms with Crippen LogP contribution >= 0.6 is 0 Å². The van der Waals surface area contributed by atoms with Gasteiger partial charge in [0.25, 0.3) is 0 Å². The Hall–Kier alpha value is -0.340. The van der Waals surface area contributed by atoms with Gasteiger partial charge in [-0.3, -0.25) is 0 Å². The maximum absolute atomic E-state index is 6.16. The van der Waals surface area contributed by atoms with Crippen molar-refractivity contribution in [3.63, 3.8) is 0 Å². The maximum Gasteiger partial charge on any atom is 0.0646 e. The van der Waals surface area contributed by atoms with Gasteiger partial charge in [-0.25, -0.2) is 0 Å². The minimum absolute atomic E-state index is 0.490. The minimum atomic E-state index is 0.490. The van der Waals surface area contributed by atoms with Crippen molar-refractivity contribution in [2.24, 2.45) is 17.8 Å². The van der Waals surface area contributed by atoms with E-state index in [1.165, 1.54) is 25.7 Å². The number of hydrogen-bond donors (Lipinski definition) is 1. The van der Waals surface area contributed by atoms with Gasteiger partial charge < -0.3 is 10.1 Å². The molecule has 18 heavy (non-hydrogen) atoms. The molecule has 1 aliphatic heterocycles. The van der Waals surface area contributed by atoms with E-state index in [9.17, 15) is 0 Å². The first kappa shape index (κ1) is 14.1. The van der Waals surface area contributed by atoms with E-state index in [2.05, 4.69) is 32.2 Å². The fourth-order valence-corrected chi connectivity index (χ4v) is 3.78. The lowest BCUT2D eigenvalue weighted by molar-refractivity contribution is -0.0647. The molecule has 1 saturated heterocycles. The highest BCUT2D eigenvalue weighted by molar-refractivity contribution is 5.08. The second kappa shape index (κ2) is 6.72. The third kappa shape index (κ3) is 3.58. The minimum Gasteiger partial charge on any atom is -0.378 e. The smallest absolute Gasteiger partial charge is 0.0646 e. The number of hydrogen-bond acceptors (Lipinski definition) is 2. The highest BCUT2D eigenvalue weighted by Gasteiger charge is 2.34. The van der Waals surface area contributed by atoms with E-state index in [-0.39, 0.29) is 0 Å². The van der Waals surface area contributed by atoms with Crippen LogP contribution in [0, 0.1) is 17.8 Å². The fraction of sp³-hybridized carbons (Fsp3) is 0.875. The van der Waals surface area contributed by atoms with E-state index >= 15 is 0 Å². The predicted molar refractivity (Wildman–Crippen MR) is 76.7 cm³/mol. The third-order valence-corrected chi connectivity index (χ3v) is 4.44. The Morgan fingerprint density at radius 2 is 2.28 bits per heavy atom. The molecular formula is C16H29NO. The normalized spacial score (nSPS) is 37.4. The quantitative estimate of drug-likeness (QED) is 0.773. The topological polar surface area (TPSA) is 21.3 Å². The van der Waals surface area contributed by atoms with Crippen molar-refractivity contribution < 1.29 is 4.74 Å². The summed E-state index contributed by atoms with van der Waals surface area (Å²) in [5, 5.41) is 3.51. The van der Waals surface area contributed by atoms with Crippen LogP contribution in [0.15, 0.2) is 11.6 Å². The molecule has 2 aliphatic rings. The first-order valence-corrected chi connectivity index (χ1v) is 7.70. The molecule has 4 unspecified atom stereocenters. The van der Waals surface area contributed by atoms with Crippen molar-refractivity contribution in [3.05, 3.63) is 11.6 Å². The number of rotatable bonds is 4. The predicted octanol–water partition coefficient (Wildman–Crippen LogP) is 3.38. The number of allylic oxidation sites excluding steroid dienone is 2. The number of nitrogens with one attached hydrogen (secondary N) is 1. The first-order chi connectivity index (χ1) is 8.70. The van der Waals surface area contributed by atoms with Gasteiger partial charge in [-0.05, 0) is 56.9 Å². The summed E-state index contributed by atoms with van der Waals surface area (Å²) >= 11 is 0. The average Bonchev–Trinajstić information content (AvgIpc) is 2.35. The zero-order chi connectivity index (χ0) is 13.0. The molecule has 0 aromatic carbocycles. The maximum atomic E-state index is 6.16. The van der Waals surface area contributed by atoms with Crippen molar-refractivity contribution in [2.75, 3.05) is 19.7 Å². The van der Waals surface area contributed by atoms with Crippen LogP contribution in [0.3, 0.4) is 0 Å². The molecule has 2 nitrogen and oxygen atoms in total. The molecule has 1 heterocycles. The molecule has 4 atom stereocenters. The fourth-order valence-electron chi connectivity index (χ4n) is 3.78. The van der Waals surface area contributed by atoms with Gasteiger partial charge in [0.05, 0.1) is 6.10 Å². The molecule has 104 valence electrons. The van der Waals surface area contributed by atoms with Gasteiger partial charge in [0.15, 0.2) is 0 Å². The molecule has 1 N–H and O–H groups in total. The lowest BCUT2D eigenvalue weighted by atomic mass is 9.75. The van der Waals surface area contributed by atoms with Crippen molar-refractivity contribution in [2.45, 2.75) is 52.6 Å². The second-order valence-corrected chi connectivity index (χ2v) is 6.24. The van der Waals surface area contributed by atoms with Gasteiger partial charge in [-0.1, -0.05) is 25.5 Å². The monoisotopic (exact) mass is 251 g/mol. The Labute approximate surface area is 112 Å². The van der Waals surface area contributed by atoms with Crippen molar-refractivity contribution in [1.82, 2.24) is 5.32 Å². The molecule has 0 bridgehead atoms. The Balaban J connectivity index is 1.97. The zero-order valence-corrected chi connectivity index (χ0v) is 12.2. The summed E-state index contributed by atoms with van der Waals surface area (Å²) in [7, 11) is 0. The molecule has 1 fully saturated rings. The second-order valence-electron chi connectivity index (χ2n) is 6.24. The Bertz CT molecular complexity index is 287. The summed E-state index contributed by atoms with van der Waals surface area (Å²) in [5.74, 6) is 2.20. The lowest BCUT2D eigenvalue weighted by Crippen LogP contribution is -2.42. The van der Waals surface area contributed by atoms with Crippen LogP contribution in [-0.2, 0) is 4.74 Å². The van der Waals surface area contributed by atoms with E-state index in [1.807, 2.05) is 0 Å². The van der Waals surface area contributed by atoms with Crippen LogP contribution < -0.4 is 5.32 Å². The molecule has 0 radical (unpaired) electrons. The van der Waals surface area contributed by atoms with E-state index < -0.39 is 0 Å². The Morgan fingerprint density at radius 3 is 3.00 bits per heavy atom. The van der Waals surface area contributed by atoms with Crippen LogP contribution in [0.1, 0.15) is 46.5 Å². The summed E-state index contributed by atoms with van der Waals surface area (Å²) in [6.07, 6.45) is 8.07. The molecule has 0 aromatic heterocycles. The SMILES string of the molecule is CCNCC1CCCOC1C1CC(C)=CC(C)C1. The van der Waals surface area contributed by atoms with Crippen LogP contribution in [0.2, 0.25) is 0 Å². The van der Waals surface area contributed by atoms with Gasteiger partial charge in [-0.2, -0.15) is 0 Å². The van der Waals surface area contributed by atoms with E-state index in [4.69, 9.17) is 4.74 Å². The molecule has 0 amide bonds. The molecular weight excluding hydrogens is 222 g/mol. The van der Waals surface area contributed by atoms with Gasteiger partial charge >= 0.3 is 0 Å². The molecule has 1 aliphatic carbocycles. The Kier molecular flexibility index (Phi) is 5.25. The van der Waals surface area contributed by atoms with Crippen LogP contribution in [-0.4, -0.2) is 25.8 Å². The highest BCUT2D eigenvalue weighted by atomic mass is 16.5. The van der Waals surface area contributed by atoms with Crippen LogP contribution in [0.4, 0.5) is 0 Å². The van der Waals surface area contributed by atoms with Gasteiger partial charge in [0.2, 0.25) is 0 Å². The summed E-state index contributed by atoms with van der Waals surface area (Å²) in [5.41, 5.74) is 1.56. The van der Waals surface area contributed by atoms with E-state index in [1.54, 1.807) is 5.57 Å². The molecule has 2 rings (SSSR count). The Morgan fingerprint density at radius 1 is 1.44 bits per heavy atom. The number of ether oxygens (including phenoxy) is 1. The van der Waals surface area contributed by atoms with Crippen molar-refractivity contribution in [3.8, 4) is 0 Å². The van der Waals surface area contributed by atoms with Crippen molar-refractivity contribution in [1.29, 1.82) is 0 Å². The van der Waals surface area contributed by atoms with Gasteiger partial charge in [-0.15, -0.1) is 0 Å². The standard InChI is InChI=1S/C16H29NO/c1-4-17-11-14-6-5-7-18-16(14)15-9-12(2)8-13(3)10-15/h8,12,14-17H,4-7,9-11H2,1-3H3. The third-order valence-electron chi connectivity index (χ3n) is 4.44. The summed E-state index contributed by atoms with van der Waals surface area (Å²) in [6, 6.07) is 0. The molecule has 2 heteroatoms. The van der Waals surface area contributed by atoms with Crippen molar-refractivity contribution >= 4 is 0 Å². The molecule has 0 saturated carbocycles. The summed E-state index contributed by atoms with van der Waals surface area (Å²) in [6.45, 7) is 10.00. The van der Waals surface area contributed by atoms with Crippen LogP contribution in [0.25, 0.3) is 0 Å². The molecule has 0 aromatic rings. The zero-order valence-electron chi connectivity index (χ0n) is 12.2. The van der Waals surface area contributed by atoms with Gasteiger partial charge in [0.1, 0.15) is 0 Å².